The maximum atomic E-state index is 11.5. The second-order valence-corrected chi connectivity index (χ2v) is 3.61. The highest BCUT2D eigenvalue weighted by atomic mass is 16.5. The number of phenols is 1. The molecule has 2 aromatic rings. The summed E-state index contributed by atoms with van der Waals surface area (Å²) >= 11 is 0. The highest BCUT2D eigenvalue weighted by molar-refractivity contribution is 5.77. The summed E-state index contributed by atoms with van der Waals surface area (Å²) in [5.41, 5.74) is 0. The van der Waals surface area contributed by atoms with Gasteiger partial charge in [0.05, 0.1) is 12.8 Å². The summed E-state index contributed by atoms with van der Waals surface area (Å²) in [5, 5.41) is 12.1. The molecule has 0 saturated heterocycles. The Morgan fingerprint density at radius 3 is 2.83 bits per heavy atom. The lowest BCUT2D eigenvalue weighted by atomic mass is 10.3. The molecule has 2 rings (SSSR count). The average Bonchev–Trinajstić information content (AvgIpc) is 2.88. The predicted molar refractivity (Wildman–Crippen MR) is 64.2 cm³/mol. The fraction of sp³-hybridized carbons (Fsp3) is 0.154. The first kappa shape index (κ1) is 12.0. The summed E-state index contributed by atoms with van der Waals surface area (Å²) in [4.78, 5) is 11.5. The third-order valence-electron chi connectivity index (χ3n) is 2.26. The Balaban J connectivity index is 1.77. The molecule has 0 atom stereocenters. The van der Waals surface area contributed by atoms with E-state index in [0.29, 0.717) is 12.3 Å². The number of ether oxygens (including phenoxy) is 1. The Hall–Kier alpha value is -2.43. The van der Waals surface area contributed by atoms with Gasteiger partial charge in [0.1, 0.15) is 5.76 Å². The number of phenolic OH excluding ortho intramolecular Hbond substituents is 1. The van der Waals surface area contributed by atoms with Gasteiger partial charge in [-0.1, -0.05) is 12.1 Å². The molecule has 18 heavy (non-hydrogen) atoms. The predicted octanol–water partition coefficient (Wildman–Crippen LogP) is 1.68. The number of benzene rings is 1. The molecular formula is C13H13NO4. The van der Waals surface area contributed by atoms with Gasteiger partial charge in [-0.3, -0.25) is 4.79 Å². The average molecular weight is 247 g/mol. The molecule has 0 bridgehead atoms. The van der Waals surface area contributed by atoms with Crippen molar-refractivity contribution in [3.05, 3.63) is 48.4 Å². The van der Waals surface area contributed by atoms with Gasteiger partial charge in [0.25, 0.3) is 5.91 Å². The van der Waals surface area contributed by atoms with Gasteiger partial charge in [-0.05, 0) is 24.3 Å². The molecule has 1 aromatic heterocycles. The van der Waals surface area contributed by atoms with Crippen LogP contribution in [0.25, 0.3) is 0 Å². The molecule has 1 amide bonds. The first-order valence-electron chi connectivity index (χ1n) is 5.45. The first-order valence-corrected chi connectivity index (χ1v) is 5.45. The zero-order valence-electron chi connectivity index (χ0n) is 9.63. The number of hydrogen-bond donors (Lipinski definition) is 2. The van der Waals surface area contributed by atoms with E-state index in [2.05, 4.69) is 5.32 Å². The molecule has 0 unspecified atom stereocenters. The van der Waals surface area contributed by atoms with Crippen LogP contribution in [0.2, 0.25) is 0 Å². The van der Waals surface area contributed by atoms with Crippen LogP contribution in [-0.4, -0.2) is 17.6 Å². The quantitative estimate of drug-likeness (QED) is 0.843. The summed E-state index contributed by atoms with van der Waals surface area (Å²) in [6.45, 7) is 0.161. The van der Waals surface area contributed by atoms with Crippen LogP contribution in [0, 0.1) is 0 Å². The fourth-order valence-electron chi connectivity index (χ4n) is 1.37. The molecule has 0 aliphatic heterocycles. The van der Waals surface area contributed by atoms with Crippen molar-refractivity contribution in [2.24, 2.45) is 0 Å². The molecule has 0 aliphatic rings. The molecule has 5 heteroatoms. The number of hydrogen-bond acceptors (Lipinski definition) is 4. The zero-order chi connectivity index (χ0) is 12.8. The minimum atomic E-state index is -0.283. The maximum Gasteiger partial charge on any atom is 0.258 e. The standard InChI is InChI=1S/C13H13NO4/c15-11-5-1-2-6-12(11)18-9-13(16)14-8-10-4-3-7-17-10/h1-7,15H,8-9H2,(H,14,16). The molecule has 5 nitrogen and oxygen atoms in total. The van der Waals surface area contributed by atoms with Gasteiger partial charge >= 0.3 is 0 Å². The monoisotopic (exact) mass is 247 g/mol. The molecule has 0 aliphatic carbocycles. The number of furan rings is 1. The zero-order valence-corrected chi connectivity index (χ0v) is 9.63. The van der Waals surface area contributed by atoms with Crippen molar-refractivity contribution in [3.8, 4) is 11.5 Å². The molecular weight excluding hydrogens is 234 g/mol. The van der Waals surface area contributed by atoms with Crippen LogP contribution in [0.4, 0.5) is 0 Å². The van der Waals surface area contributed by atoms with E-state index >= 15 is 0 Å². The summed E-state index contributed by atoms with van der Waals surface area (Å²) in [7, 11) is 0. The van der Waals surface area contributed by atoms with E-state index in [1.165, 1.54) is 6.07 Å². The van der Waals surface area contributed by atoms with Crippen molar-refractivity contribution >= 4 is 5.91 Å². The van der Waals surface area contributed by atoms with E-state index in [-0.39, 0.29) is 24.0 Å². The van der Waals surface area contributed by atoms with Gasteiger partial charge in [0, 0.05) is 0 Å². The number of nitrogens with one attached hydrogen (secondary N) is 1. The summed E-state index contributed by atoms with van der Waals surface area (Å²) in [6, 6.07) is 10.0. The van der Waals surface area contributed by atoms with Crippen LogP contribution in [0.5, 0.6) is 11.5 Å². The lowest BCUT2D eigenvalue weighted by Crippen LogP contribution is -2.28. The minimum absolute atomic E-state index is 0.0105. The third kappa shape index (κ3) is 3.28. The molecule has 0 saturated carbocycles. The Morgan fingerprint density at radius 2 is 2.11 bits per heavy atom. The highest BCUT2D eigenvalue weighted by Crippen LogP contribution is 2.23. The van der Waals surface area contributed by atoms with Crippen LogP contribution < -0.4 is 10.1 Å². The van der Waals surface area contributed by atoms with E-state index < -0.39 is 0 Å². The van der Waals surface area contributed by atoms with Gasteiger partial charge in [0.2, 0.25) is 0 Å². The second-order valence-electron chi connectivity index (χ2n) is 3.61. The van der Waals surface area contributed by atoms with Crippen molar-refractivity contribution in [1.29, 1.82) is 0 Å². The van der Waals surface area contributed by atoms with Gasteiger partial charge in [0.15, 0.2) is 18.1 Å². The van der Waals surface area contributed by atoms with Crippen LogP contribution >= 0.6 is 0 Å². The van der Waals surface area contributed by atoms with Gasteiger partial charge < -0.3 is 19.6 Å². The lowest BCUT2D eigenvalue weighted by Gasteiger charge is -2.07. The lowest BCUT2D eigenvalue weighted by molar-refractivity contribution is -0.123. The maximum absolute atomic E-state index is 11.5. The molecule has 1 heterocycles. The molecule has 1 aromatic carbocycles. The van der Waals surface area contributed by atoms with Gasteiger partial charge in [-0.15, -0.1) is 0 Å². The molecule has 0 fully saturated rings. The number of carbonyl (C=O) groups is 1. The Morgan fingerprint density at radius 1 is 1.28 bits per heavy atom. The summed E-state index contributed by atoms with van der Waals surface area (Å²) in [6.07, 6.45) is 1.54. The number of amides is 1. The minimum Gasteiger partial charge on any atom is -0.504 e. The molecule has 94 valence electrons. The fourth-order valence-corrected chi connectivity index (χ4v) is 1.37. The Labute approximate surface area is 104 Å². The van der Waals surface area contributed by atoms with Crippen LogP contribution in [0.3, 0.4) is 0 Å². The summed E-state index contributed by atoms with van der Waals surface area (Å²) < 4.78 is 10.2. The second kappa shape index (κ2) is 5.77. The van der Waals surface area contributed by atoms with Gasteiger partial charge in [-0.2, -0.15) is 0 Å². The SMILES string of the molecule is O=C(COc1ccccc1O)NCc1ccco1. The number of carbonyl (C=O) groups excluding carboxylic acids is 1. The Kier molecular flexibility index (Phi) is 3.86. The van der Waals surface area contributed by atoms with Crippen LogP contribution in [0.1, 0.15) is 5.76 Å². The third-order valence-corrected chi connectivity index (χ3v) is 2.26. The van der Waals surface area contributed by atoms with Crippen molar-refractivity contribution in [2.45, 2.75) is 6.54 Å². The van der Waals surface area contributed by atoms with E-state index in [1.807, 2.05) is 0 Å². The van der Waals surface area contributed by atoms with Gasteiger partial charge in [-0.25, -0.2) is 0 Å². The topological polar surface area (TPSA) is 71.7 Å². The number of aromatic hydroxyl groups is 1. The van der Waals surface area contributed by atoms with E-state index in [1.54, 1.807) is 36.6 Å². The van der Waals surface area contributed by atoms with E-state index in [4.69, 9.17) is 9.15 Å². The van der Waals surface area contributed by atoms with Crippen LogP contribution in [0.15, 0.2) is 47.1 Å². The van der Waals surface area contributed by atoms with Crippen LogP contribution in [-0.2, 0) is 11.3 Å². The van der Waals surface area contributed by atoms with E-state index in [0.717, 1.165) is 0 Å². The smallest absolute Gasteiger partial charge is 0.258 e. The van der Waals surface area contributed by atoms with Crippen molar-refractivity contribution in [1.82, 2.24) is 5.32 Å². The van der Waals surface area contributed by atoms with Crippen molar-refractivity contribution in [2.75, 3.05) is 6.61 Å². The number of para-hydroxylation sites is 2. The molecule has 0 radical (unpaired) electrons. The van der Waals surface area contributed by atoms with Crippen molar-refractivity contribution < 1.29 is 19.1 Å². The largest absolute Gasteiger partial charge is 0.504 e. The summed E-state index contributed by atoms with van der Waals surface area (Å²) in [5.74, 6) is 0.683. The highest BCUT2D eigenvalue weighted by Gasteiger charge is 2.06. The normalized spacial score (nSPS) is 10.0. The Bertz CT molecular complexity index is 507. The van der Waals surface area contributed by atoms with Crippen molar-refractivity contribution in [3.63, 3.8) is 0 Å². The first-order chi connectivity index (χ1) is 8.75. The number of rotatable bonds is 5. The van der Waals surface area contributed by atoms with E-state index in [9.17, 15) is 9.90 Å². The molecule has 0 spiro atoms. The molecule has 2 N–H and O–H groups in total.